The van der Waals surface area contributed by atoms with Crippen LogP contribution in [0.2, 0.25) is 0 Å². The van der Waals surface area contributed by atoms with Crippen LogP contribution in [-0.2, 0) is 4.79 Å². The summed E-state index contributed by atoms with van der Waals surface area (Å²) in [5.74, 6) is 0.117. The molecule has 1 fully saturated rings. The molecule has 0 aromatic rings. The second-order valence-corrected chi connectivity index (χ2v) is 6.17. The van der Waals surface area contributed by atoms with Crippen LogP contribution < -0.4 is 11.1 Å². The summed E-state index contributed by atoms with van der Waals surface area (Å²) in [7, 11) is 2.15. The third-order valence-electron chi connectivity index (χ3n) is 4.73. The number of nitrogens with one attached hydrogen (secondary N) is 1. The highest BCUT2D eigenvalue weighted by molar-refractivity contribution is 5.83. The molecule has 20 heavy (non-hydrogen) atoms. The monoisotopic (exact) mass is 284 g/mol. The van der Waals surface area contributed by atoms with Gasteiger partial charge in [-0.3, -0.25) is 9.69 Å². The van der Waals surface area contributed by atoms with E-state index in [9.17, 15) is 4.79 Å². The van der Waals surface area contributed by atoms with Gasteiger partial charge in [0.2, 0.25) is 5.91 Å². The Morgan fingerprint density at radius 3 is 2.25 bits per heavy atom. The van der Waals surface area contributed by atoms with Gasteiger partial charge >= 0.3 is 0 Å². The minimum Gasteiger partial charge on any atom is -0.352 e. The SMILES string of the molecule is CCC(CC)(CN)C(=O)NC(C)CN1CCN(C)CC1. The number of piperazine rings is 1. The summed E-state index contributed by atoms with van der Waals surface area (Å²) in [4.78, 5) is 17.2. The Morgan fingerprint density at radius 2 is 1.80 bits per heavy atom. The van der Waals surface area contributed by atoms with Crippen molar-refractivity contribution in [2.45, 2.75) is 39.7 Å². The van der Waals surface area contributed by atoms with E-state index in [0.717, 1.165) is 45.6 Å². The van der Waals surface area contributed by atoms with Crippen LogP contribution in [-0.4, -0.2) is 68.1 Å². The summed E-state index contributed by atoms with van der Waals surface area (Å²) >= 11 is 0. The van der Waals surface area contributed by atoms with Gasteiger partial charge in [0.15, 0.2) is 0 Å². The summed E-state index contributed by atoms with van der Waals surface area (Å²) in [6, 6.07) is 0.176. The molecule has 1 amide bonds. The molecule has 1 heterocycles. The summed E-state index contributed by atoms with van der Waals surface area (Å²) < 4.78 is 0. The van der Waals surface area contributed by atoms with Gasteiger partial charge in [-0.2, -0.15) is 0 Å². The summed E-state index contributed by atoms with van der Waals surface area (Å²) in [6.45, 7) is 11.9. The van der Waals surface area contributed by atoms with E-state index >= 15 is 0 Å². The van der Waals surface area contributed by atoms with E-state index in [1.807, 2.05) is 13.8 Å². The lowest BCUT2D eigenvalue weighted by molar-refractivity contribution is -0.131. The van der Waals surface area contributed by atoms with Crippen molar-refractivity contribution in [1.29, 1.82) is 0 Å². The first-order chi connectivity index (χ1) is 9.47. The molecular weight excluding hydrogens is 252 g/mol. The molecule has 1 atom stereocenters. The van der Waals surface area contributed by atoms with Crippen molar-refractivity contribution in [3.05, 3.63) is 0 Å². The van der Waals surface area contributed by atoms with Crippen molar-refractivity contribution in [1.82, 2.24) is 15.1 Å². The quantitative estimate of drug-likeness (QED) is 0.715. The molecule has 0 aromatic heterocycles. The largest absolute Gasteiger partial charge is 0.352 e. The van der Waals surface area contributed by atoms with Crippen LogP contribution in [0.5, 0.6) is 0 Å². The van der Waals surface area contributed by atoms with Crippen LogP contribution in [0, 0.1) is 5.41 Å². The molecule has 1 aliphatic rings. The molecule has 0 radical (unpaired) electrons. The second kappa shape index (κ2) is 7.96. The van der Waals surface area contributed by atoms with E-state index in [2.05, 4.69) is 29.1 Å². The van der Waals surface area contributed by atoms with Crippen molar-refractivity contribution in [2.75, 3.05) is 46.3 Å². The van der Waals surface area contributed by atoms with Crippen LogP contribution in [0.1, 0.15) is 33.6 Å². The number of likely N-dealkylation sites (N-methyl/N-ethyl adjacent to an activating group) is 1. The Hall–Kier alpha value is -0.650. The number of hydrogen-bond donors (Lipinski definition) is 2. The Balaban J connectivity index is 2.45. The molecule has 0 bridgehead atoms. The smallest absolute Gasteiger partial charge is 0.227 e. The van der Waals surface area contributed by atoms with Crippen LogP contribution >= 0.6 is 0 Å². The lowest BCUT2D eigenvalue weighted by Crippen LogP contribution is -2.53. The van der Waals surface area contributed by atoms with Gasteiger partial charge in [-0.25, -0.2) is 0 Å². The maximum Gasteiger partial charge on any atom is 0.227 e. The van der Waals surface area contributed by atoms with Crippen LogP contribution in [0.15, 0.2) is 0 Å². The van der Waals surface area contributed by atoms with Crippen molar-refractivity contribution >= 4 is 5.91 Å². The summed E-state index contributed by atoms with van der Waals surface area (Å²) in [5, 5.41) is 3.16. The van der Waals surface area contributed by atoms with Gasteiger partial charge < -0.3 is 16.0 Å². The maximum absolute atomic E-state index is 12.4. The Bertz CT molecular complexity index is 288. The van der Waals surface area contributed by atoms with Gasteiger partial charge in [-0.05, 0) is 26.8 Å². The number of hydrogen-bond acceptors (Lipinski definition) is 4. The van der Waals surface area contributed by atoms with Crippen molar-refractivity contribution in [2.24, 2.45) is 11.1 Å². The fourth-order valence-corrected chi connectivity index (χ4v) is 2.79. The molecule has 118 valence electrons. The van der Waals surface area contributed by atoms with E-state index in [1.165, 1.54) is 0 Å². The van der Waals surface area contributed by atoms with Crippen LogP contribution in [0.4, 0.5) is 0 Å². The molecule has 0 saturated carbocycles. The number of carbonyl (C=O) groups is 1. The van der Waals surface area contributed by atoms with Crippen LogP contribution in [0.25, 0.3) is 0 Å². The molecule has 1 aliphatic heterocycles. The van der Waals surface area contributed by atoms with E-state index in [0.29, 0.717) is 6.54 Å². The Morgan fingerprint density at radius 1 is 1.25 bits per heavy atom. The van der Waals surface area contributed by atoms with Gasteiger partial charge in [0.1, 0.15) is 0 Å². The highest BCUT2D eigenvalue weighted by Gasteiger charge is 2.34. The minimum absolute atomic E-state index is 0.117. The van der Waals surface area contributed by atoms with Gasteiger partial charge in [0, 0.05) is 45.3 Å². The Labute approximate surface area is 123 Å². The summed E-state index contributed by atoms with van der Waals surface area (Å²) in [5.41, 5.74) is 5.44. The average Bonchev–Trinajstić information content (AvgIpc) is 2.44. The molecular formula is C15H32N4O. The molecule has 1 saturated heterocycles. The fraction of sp³-hybridized carbons (Fsp3) is 0.933. The lowest BCUT2D eigenvalue weighted by atomic mass is 9.81. The maximum atomic E-state index is 12.4. The summed E-state index contributed by atoms with van der Waals surface area (Å²) in [6.07, 6.45) is 1.60. The number of amides is 1. The van der Waals surface area contributed by atoms with E-state index in [-0.39, 0.29) is 11.9 Å². The third-order valence-corrected chi connectivity index (χ3v) is 4.73. The molecule has 0 aromatic carbocycles. The van der Waals surface area contributed by atoms with Gasteiger partial charge in [0.25, 0.3) is 0 Å². The highest BCUT2D eigenvalue weighted by Crippen LogP contribution is 2.25. The number of nitrogens with two attached hydrogens (primary N) is 1. The topological polar surface area (TPSA) is 61.6 Å². The van der Waals surface area contributed by atoms with Gasteiger partial charge in [-0.1, -0.05) is 13.8 Å². The molecule has 1 unspecified atom stereocenters. The third kappa shape index (κ3) is 4.43. The number of carbonyl (C=O) groups excluding carboxylic acids is 1. The van der Waals surface area contributed by atoms with E-state index < -0.39 is 5.41 Å². The zero-order valence-electron chi connectivity index (χ0n) is 13.6. The lowest BCUT2D eigenvalue weighted by Gasteiger charge is -2.35. The Kier molecular flexibility index (Phi) is 6.92. The normalized spacial score (nSPS) is 19.9. The van der Waals surface area contributed by atoms with Crippen LogP contribution in [0.3, 0.4) is 0 Å². The fourth-order valence-electron chi connectivity index (χ4n) is 2.79. The molecule has 3 N–H and O–H groups in total. The number of nitrogens with zero attached hydrogens (tertiary/aromatic N) is 2. The predicted molar refractivity (Wildman–Crippen MR) is 83.6 cm³/mol. The standard InChI is InChI=1S/C15H32N4O/c1-5-15(6-2,12-16)14(20)17-13(3)11-19-9-7-18(4)8-10-19/h13H,5-12,16H2,1-4H3,(H,17,20). The van der Waals surface area contributed by atoms with Crippen molar-refractivity contribution < 1.29 is 4.79 Å². The average molecular weight is 284 g/mol. The molecule has 5 heteroatoms. The van der Waals surface area contributed by atoms with E-state index in [4.69, 9.17) is 5.73 Å². The minimum atomic E-state index is -0.392. The molecule has 0 aliphatic carbocycles. The van der Waals surface area contributed by atoms with Gasteiger partial charge in [-0.15, -0.1) is 0 Å². The predicted octanol–water partition coefficient (Wildman–Crippen LogP) is 0.504. The van der Waals surface area contributed by atoms with Crippen molar-refractivity contribution in [3.63, 3.8) is 0 Å². The first-order valence-corrected chi connectivity index (χ1v) is 7.89. The number of rotatable bonds is 7. The second-order valence-electron chi connectivity index (χ2n) is 6.17. The molecule has 5 nitrogen and oxygen atoms in total. The first kappa shape index (κ1) is 17.4. The van der Waals surface area contributed by atoms with Gasteiger partial charge in [0.05, 0.1) is 5.41 Å². The molecule has 0 spiro atoms. The zero-order valence-corrected chi connectivity index (χ0v) is 13.6. The highest BCUT2D eigenvalue weighted by atomic mass is 16.2. The first-order valence-electron chi connectivity index (χ1n) is 7.89. The zero-order chi connectivity index (χ0) is 15.2. The van der Waals surface area contributed by atoms with Crippen molar-refractivity contribution in [3.8, 4) is 0 Å². The van der Waals surface area contributed by atoms with E-state index in [1.54, 1.807) is 0 Å². The molecule has 1 rings (SSSR count).